The third-order valence-electron chi connectivity index (χ3n) is 3.86. The molecular formula is C12H26N2. The highest BCUT2D eigenvalue weighted by Crippen LogP contribution is 2.29. The molecule has 1 aliphatic rings. The minimum Gasteiger partial charge on any atom is -0.271 e. The van der Waals surface area contributed by atoms with Crippen LogP contribution >= 0.6 is 0 Å². The first-order chi connectivity index (χ1) is 6.77. The molecule has 0 saturated heterocycles. The Balaban J connectivity index is 2.30. The minimum atomic E-state index is 0.531. The zero-order valence-electron chi connectivity index (χ0n) is 9.76. The summed E-state index contributed by atoms with van der Waals surface area (Å²) in [6.07, 6.45) is 9.67. The van der Waals surface area contributed by atoms with Crippen LogP contribution in [0.25, 0.3) is 0 Å². The second kappa shape index (κ2) is 6.41. The van der Waals surface area contributed by atoms with Gasteiger partial charge in [0, 0.05) is 6.04 Å². The van der Waals surface area contributed by atoms with Crippen molar-refractivity contribution in [1.82, 2.24) is 5.43 Å². The van der Waals surface area contributed by atoms with E-state index in [0.717, 1.165) is 5.92 Å². The summed E-state index contributed by atoms with van der Waals surface area (Å²) in [4.78, 5) is 0. The van der Waals surface area contributed by atoms with Crippen molar-refractivity contribution in [2.45, 2.75) is 64.8 Å². The molecule has 0 radical (unpaired) electrons. The highest BCUT2D eigenvalue weighted by molar-refractivity contribution is 4.76. The number of nitrogens with two attached hydrogens (primary N) is 1. The standard InChI is InChI=1S/C12H26N2/c1-3-10(2)12(14-13)9-11-7-5-4-6-8-11/h10-12,14H,3-9,13H2,1-2H3. The van der Waals surface area contributed by atoms with Gasteiger partial charge in [-0.2, -0.15) is 0 Å². The number of hydrazine groups is 1. The van der Waals surface area contributed by atoms with E-state index in [4.69, 9.17) is 5.84 Å². The van der Waals surface area contributed by atoms with Gasteiger partial charge in [-0.05, 0) is 18.3 Å². The molecule has 1 fully saturated rings. The van der Waals surface area contributed by atoms with Crippen molar-refractivity contribution in [3.8, 4) is 0 Å². The Bertz CT molecular complexity index is 141. The Morgan fingerprint density at radius 3 is 2.43 bits per heavy atom. The Kier molecular flexibility index (Phi) is 5.49. The van der Waals surface area contributed by atoms with Crippen molar-refractivity contribution >= 4 is 0 Å². The van der Waals surface area contributed by atoms with Crippen LogP contribution in [0.4, 0.5) is 0 Å². The first-order valence-electron chi connectivity index (χ1n) is 6.24. The van der Waals surface area contributed by atoms with E-state index < -0.39 is 0 Å². The highest BCUT2D eigenvalue weighted by atomic mass is 15.2. The Morgan fingerprint density at radius 2 is 1.93 bits per heavy atom. The monoisotopic (exact) mass is 198 g/mol. The Hall–Kier alpha value is -0.0800. The number of hydrogen-bond acceptors (Lipinski definition) is 2. The first-order valence-corrected chi connectivity index (χ1v) is 6.24. The zero-order chi connectivity index (χ0) is 10.4. The minimum absolute atomic E-state index is 0.531. The molecule has 0 bridgehead atoms. The van der Waals surface area contributed by atoms with Crippen LogP contribution in [0, 0.1) is 11.8 Å². The van der Waals surface area contributed by atoms with E-state index >= 15 is 0 Å². The van der Waals surface area contributed by atoms with Crippen molar-refractivity contribution in [3.63, 3.8) is 0 Å². The van der Waals surface area contributed by atoms with Crippen molar-refractivity contribution in [1.29, 1.82) is 0 Å². The molecule has 1 saturated carbocycles. The lowest BCUT2D eigenvalue weighted by atomic mass is 9.82. The molecule has 14 heavy (non-hydrogen) atoms. The summed E-state index contributed by atoms with van der Waals surface area (Å²) in [5, 5.41) is 0. The van der Waals surface area contributed by atoms with Gasteiger partial charge in [0.1, 0.15) is 0 Å². The number of nitrogens with one attached hydrogen (secondary N) is 1. The fraction of sp³-hybridized carbons (Fsp3) is 1.00. The largest absolute Gasteiger partial charge is 0.271 e. The second-order valence-electron chi connectivity index (χ2n) is 4.90. The predicted octanol–water partition coefficient (Wildman–Crippen LogP) is 2.83. The molecular weight excluding hydrogens is 172 g/mol. The normalized spacial score (nSPS) is 23.4. The average molecular weight is 198 g/mol. The Labute approximate surface area is 88.6 Å². The number of rotatable bonds is 5. The smallest absolute Gasteiger partial charge is 0.0238 e. The van der Waals surface area contributed by atoms with Crippen LogP contribution in [-0.4, -0.2) is 6.04 Å². The molecule has 0 aromatic rings. The van der Waals surface area contributed by atoms with E-state index in [0.29, 0.717) is 12.0 Å². The highest BCUT2D eigenvalue weighted by Gasteiger charge is 2.21. The molecule has 0 amide bonds. The van der Waals surface area contributed by atoms with E-state index in [9.17, 15) is 0 Å². The van der Waals surface area contributed by atoms with Crippen LogP contribution in [0.1, 0.15) is 58.8 Å². The first kappa shape index (κ1) is 12.0. The summed E-state index contributed by atoms with van der Waals surface area (Å²) >= 11 is 0. The topological polar surface area (TPSA) is 38.0 Å². The van der Waals surface area contributed by atoms with Crippen molar-refractivity contribution in [2.24, 2.45) is 17.7 Å². The maximum absolute atomic E-state index is 5.62. The van der Waals surface area contributed by atoms with E-state index in [2.05, 4.69) is 19.3 Å². The molecule has 1 rings (SSSR count). The molecule has 0 aliphatic heterocycles. The van der Waals surface area contributed by atoms with Crippen molar-refractivity contribution < 1.29 is 0 Å². The van der Waals surface area contributed by atoms with E-state index in [1.54, 1.807) is 0 Å². The molecule has 0 aromatic carbocycles. The van der Waals surface area contributed by atoms with E-state index in [-0.39, 0.29) is 0 Å². The maximum atomic E-state index is 5.62. The van der Waals surface area contributed by atoms with Gasteiger partial charge in [0.15, 0.2) is 0 Å². The van der Waals surface area contributed by atoms with E-state index in [1.807, 2.05) is 0 Å². The molecule has 2 unspecified atom stereocenters. The van der Waals surface area contributed by atoms with Crippen LogP contribution in [0.15, 0.2) is 0 Å². The van der Waals surface area contributed by atoms with Gasteiger partial charge >= 0.3 is 0 Å². The van der Waals surface area contributed by atoms with Crippen LogP contribution in [-0.2, 0) is 0 Å². The summed E-state index contributed by atoms with van der Waals surface area (Å²) < 4.78 is 0. The van der Waals surface area contributed by atoms with Crippen LogP contribution in [0.3, 0.4) is 0 Å². The molecule has 0 aromatic heterocycles. The molecule has 1 aliphatic carbocycles. The maximum Gasteiger partial charge on any atom is 0.0238 e. The lowest BCUT2D eigenvalue weighted by molar-refractivity contribution is 0.256. The molecule has 3 N–H and O–H groups in total. The molecule has 0 spiro atoms. The molecule has 2 atom stereocenters. The fourth-order valence-electron chi connectivity index (χ4n) is 2.53. The van der Waals surface area contributed by atoms with Gasteiger partial charge in [0.05, 0.1) is 0 Å². The van der Waals surface area contributed by atoms with Gasteiger partial charge in [-0.3, -0.25) is 11.3 Å². The predicted molar refractivity (Wildman–Crippen MR) is 61.8 cm³/mol. The summed E-state index contributed by atoms with van der Waals surface area (Å²) in [7, 11) is 0. The second-order valence-corrected chi connectivity index (χ2v) is 4.90. The molecule has 84 valence electrons. The lowest BCUT2D eigenvalue weighted by Gasteiger charge is -2.29. The van der Waals surface area contributed by atoms with Gasteiger partial charge in [-0.15, -0.1) is 0 Å². The molecule has 2 nitrogen and oxygen atoms in total. The van der Waals surface area contributed by atoms with Crippen LogP contribution in [0.2, 0.25) is 0 Å². The van der Waals surface area contributed by atoms with Gasteiger partial charge in [-0.25, -0.2) is 0 Å². The van der Waals surface area contributed by atoms with Gasteiger partial charge in [-0.1, -0.05) is 52.4 Å². The Morgan fingerprint density at radius 1 is 1.29 bits per heavy atom. The van der Waals surface area contributed by atoms with Crippen molar-refractivity contribution in [2.75, 3.05) is 0 Å². The van der Waals surface area contributed by atoms with Gasteiger partial charge in [0.2, 0.25) is 0 Å². The van der Waals surface area contributed by atoms with Crippen LogP contribution < -0.4 is 11.3 Å². The van der Waals surface area contributed by atoms with E-state index in [1.165, 1.54) is 44.9 Å². The van der Waals surface area contributed by atoms with Gasteiger partial charge < -0.3 is 0 Å². The van der Waals surface area contributed by atoms with Crippen LogP contribution in [0.5, 0.6) is 0 Å². The quantitative estimate of drug-likeness (QED) is 0.526. The van der Waals surface area contributed by atoms with Crippen molar-refractivity contribution in [3.05, 3.63) is 0 Å². The lowest BCUT2D eigenvalue weighted by Crippen LogP contribution is -2.41. The SMILES string of the molecule is CCC(C)C(CC1CCCCC1)NN. The average Bonchev–Trinajstić information content (AvgIpc) is 2.26. The third-order valence-corrected chi connectivity index (χ3v) is 3.86. The molecule has 2 heteroatoms. The summed E-state index contributed by atoms with van der Waals surface area (Å²) in [5.74, 6) is 7.26. The summed E-state index contributed by atoms with van der Waals surface area (Å²) in [6, 6.07) is 0.531. The zero-order valence-corrected chi connectivity index (χ0v) is 9.76. The number of hydrogen-bond donors (Lipinski definition) is 2. The molecule has 0 heterocycles. The summed E-state index contributed by atoms with van der Waals surface area (Å²) in [5.41, 5.74) is 3.00. The third kappa shape index (κ3) is 3.58. The van der Waals surface area contributed by atoms with Gasteiger partial charge in [0.25, 0.3) is 0 Å². The summed E-state index contributed by atoms with van der Waals surface area (Å²) in [6.45, 7) is 4.54. The fourth-order valence-corrected chi connectivity index (χ4v) is 2.53.